The van der Waals surface area contributed by atoms with E-state index in [9.17, 15) is 4.79 Å². The highest BCUT2D eigenvalue weighted by molar-refractivity contribution is 5.89. The first-order valence-corrected chi connectivity index (χ1v) is 12.1. The molecule has 5 rings (SSSR count). The first-order chi connectivity index (χ1) is 14.5. The number of aromatic nitrogens is 1. The Morgan fingerprint density at radius 3 is 2.77 bits per heavy atom. The van der Waals surface area contributed by atoms with E-state index in [2.05, 4.69) is 60.1 Å². The zero-order valence-corrected chi connectivity index (χ0v) is 18.9. The molecule has 0 unspecified atom stereocenters. The molecule has 1 amide bonds. The lowest BCUT2D eigenvalue weighted by atomic mass is 9.72. The van der Waals surface area contributed by atoms with Crippen molar-refractivity contribution in [3.8, 4) is 0 Å². The summed E-state index contributed by atoms with van der Waals surface area (Å²) in [4.78, 5) is 15.3. The van der Waals surface area contributed by atoms with Crippen molar-refractivity contribution >= 4 is 16.8 Å². The number of amides is 1. The molecule has 3 aliphatic rings. The number of hydrogen-bond donors (Lipinski definition) is 1. The zero-order valence-electron chi connectivity index (χ0n) is 18.9. The van der Waals surface area contributed by atoms with Gasteiger partial charge in [-0.3, -0.25) is 4.79 Å². The number of fused-ring (bicyclic) bond motifs is 2. The summed E-state index contributed by atoms with van der Waals surface area (Å²) in [5, 5.41) is 4.84. The summed E-state index contributed by atoms with van der Waals surface area (Å²) in [6.45, 7) is 5.58. The van der Waals surface area contributed by atoms with Gasteiger partial charge in [0.1, 0.15) is 0 Å². The number of nitrogens with one attached hydrogen (secondary N) is 1. The van der Waals surface area contributed by atoms with Crippen molar-refractivity contribution in [2.75, 3.05) is 13.6 Å². The molecule has 2 heterocycles. The molecule has 1 aliphatic heterocycles. The number of likely N-dealkylation sites (N-methyl/N-ethyl adjacent to an activating group) is 1. The van der Waals surface area contributed by atoms with Crippen LogP contribution in [0.3, 0.4) is 0 Å². The molecule has 1 saturated carbocycles. The van der Waals surface area contributed by atoms with E-state index in [4.69, 9.17) is 0 Å². The lowest BCUT2D eigenvalue weighted by Crippen LogP contribution is -2.49. The second-order valence-corrected chi connectivity index (χ2v) is 10.4. The molecule has 2 fully saturated rings. The van der Waals surface area contributed by atoms with Gasteiger partial charge in [-0.2, -0.15) is 0 Å². The monoisotopic (exact) mass is 407 g/mol. The summed E-state index contributed by atoms with van der Waals surface area (Å²) in [7, 11) is 2.27. The number of nitrogens with zero attached hydrogens (tertiary/aromatic N) is 2. The number of benzene rings is 1. The highest BCUT2D eigenvalue weighted by atomic mass is 16.1. The standard InChI is InChI=1S/C26H37N3O/c1-17(2)29-16-19-14-24-22(21-10-7-11-23(29)26(19)21)12-18(15-28(24)3)13-25(30)27-20-8-5-4-6-9-20/h7,10-11,16-18,20,22,24H,4-6,8-9,12-15H2,1-3H3,(H,27,30)/t18-,22+,24+/m0/s1. The Kier molecular flexibility index (Phi) is 5.38. The summed E-state index contributed by atoms with van der Waals surface area (Å²) in [6, 6.07) is 8.33. The molecule has 0 radical (unpaired) electrons. The molecule has 1 aromatic heterocycles. The SMILES string of the molecule is CC(C)n1cc2c3c(cccc31)[C@H]1C[C@@H](CC(=O)NC3CCCCC3)CN(C)[C@@H]1C2. The van der Waals surface area contributed by atoms with Gasteiger partial charge in [0.05, 0.1) is 0 Å². The number of hydrogen-bond acceptors (Lipinski definition) is 2. The third-order valence-electron chi connectivity index (χ3n) is 7.96. The van der Waals surface area contributed by atoms with E-state index in [0.717, 1.165) is 19.4 Å². The molecule has 162 valence electrons. The van der Waals surface area contributed by atoms with Crippen molar-refractivity contribution in [2.45, 2.75) is 89.3 Å². The largest absolute Gasteiger partial charge is 0.353 e. The summed E-state index contributed by atoms with van der Waals surface area (Å²) in [6.07, 6.45) is 11.5. The fourth-order valence-electron chi connectivity index (χ4n) is 6.56. The van der Waals surface area contributed by atoms with Crippen molar-refractivity contribution in [1.29, 1.82) is 0 Å². The third-order valence-corrected chi connectivity index (χ3v) is 7.96. The molecule has 2 aromatic rings. The second-order valence-electron chi connectivity index (χ2n) is 10.4. The van der Waals surface area contributed by atoms with E-state index >= 15 is 0 Å². The molecule has 4 nitrogen and oxygen atoms in total. The molecule has 1 N–H and O–H groups in total. The van der Waals surface area contributed by atoms with E-state index in [-0.39, 0.29) is 5.91 Å². The van der Waals surface area contributed by atoms with Crippen LogP contribution in [0, 0.1) is 5.92 Å². The molecular formula is C26H37N3O. The molecule has 0 bridgehead atoms. The Bertz CT molecular complexity index is 924. The van der Waals surface area contributed by atoms with Crippen LogP contribution in [0.4, 0.5) is 0 Å². The predicted molar refractivity (Wildman–Crippen MR) is 123 cm³/mol. The van der Waals surface area contributed by atoms with Gasteiger partial charge in [-0.1, -0.05) is 31.4 Å². The zero-order chi connectivity index (χ0) is 20.8. The fraction of sp³-hybridized carbons (Fsp3) is 0.654. The third kappa shape index (κ3) is 3.57. The van der Waals surface area contributed by atoms with Crippen molar-refractivity contribution in [3.63, 3.8) is 0 Å². The Balaban J connectivity index is 1.36. The maximum Gasteiger partial charge on any atom is 0.220 e. The van der Waals surface area contributed by atoms with Crippen LogP contribution in [0.15, 0.2) is 24.4 Å². The van der Waals surface area contributed by atoms with Crippen LogP contribution in [-0.2, 0) is 11.2 Å². The molecule has 4 heteroatoms. The second kappa shape index (κ2) is 8.03. The quantitative estimate of drug-likeness (QED) is 0.772. The topological polar surface area (TPSA) is 37.3 Å². The smallest absolute Gasteiger partial charge is 0.220 e. The maximum atomic E-state index is 12.8. The highest BCUT2D eigenvalue weighted by Crippen LogP contribution is 2.45. The lowest BCUT2D eigenvalue weighted by molar-refractivity contribution is -0.123. The van der Waals surface area contributed by atoms with Gasteiger partial charge in [-0.25, -0.2) is 0 Å². The number of carbonyl (C=O) groups excluding carboxylic acids is 1. The molecular weight excluding hydrogens is 370 g/mol. The van der Waals surface area contributed by atoms with E-state index in [1.54, 1.807) is 0 Å². The van der Waals surface area contributed by atoms with Crippen LogP contribution in [0.5, 0.6) is 0 Å². The van der Waals surface area contributed by atoms with Crippen LogP contribution in [-0.4, -0.2) is 41.1 Å². The number of piperidine rings is 1. The molecule has 0 spiro atoms. The molecule has 1 aromatic carbocycles. The summed E-state index contributed by atoms with van der Waals surface area (Å²) in [5.41, 5.74) is 4.41. The minimum Gasteiger partial charge on any atom is -0.353 e. The van der Waals surface area contributed by atoms with Crippen LogP contribution < -0.4 is 5.32 Å². The normalized spacial score (nSPS) is 27.4. The van der Waals surface area contributed by atoms with Gasteiger partial charge in [0.25, 0.3) is 0 Å². The van der Waals surface area contributed by atoms with Crippen LogP contribution in [0.2, 0.25) is 0 Å². The lowest BCUT2D eigenvalue weighted by Gasteiger charge is -2.45. The van der Waals surface area contributed by atoms with Gasteiger partial charge in [-0.05, 0) is 69.7 Å². The number of likely N-dealkylation sites (tertiary alicyclic amines) is 1. The average molecular weight is 408 g/mol. The Morgan fingerprint density at radius 2 is 2.00 bits per heavy atom. The van der Waals surface area contributed by atoms with Crippen LogP contribution in [0.25, 0.3) is 10.9 Å². The van der Waals surface area contributed by atoms with Crippen LogP contribution in [0.1, 0.15) is 81.9 Å². The van der Waals surface area contributed by atoms with Gasteiger partial charge in [0.2, 0.25) is 5.91 Å². The van der Waals surface area contributed by atoms with E-state index < -0.39 is 0 Å². The highest BCUT2D eigenvalue weighted by Gasteiger charge is 2.40. The van der Waals surface area contributed by atoms with Gasteiger partial charge in [0.15, 0.2) is 0 Å². The molecule has 30 heavy (non-hydrogen) atoms. The van der Waals surface area contributed by atoms with Crippen molar-refractivity contribution in [2.24, 2.45) is 5.92 Å². The van der Waals surface area contributed by atoms with E-state index in [1.807, 2.05) is 0 Å². The van der Waals surface area contributed by atoms with Crippen molar-refractivity contribution < 1.29 is 4.79 Å². The fourth-order valence-corrected chi connectivity index (χ4v) is 6.56. The van der Waals surface area contributed by atoms with Crippen molar-refractivity contribution in [1.82, 2.24) is 14.8 Å². The van der Waals surface area contributed by atoms with Gasteiger partial charge in [0, 0.05) is 54.1 Å². The van der Waals surface area contributed by atoms with Gasteiger partial charge in [-0.15, -0.1) is 0 Å². The Labute approximate surface area is 181 Å². The Hall–Kier alpha value is -1.81. The number of rotatable bonds is 4. The van der Waals surface area contributed by atoms with E-state index in [0.29, 0.717) is 36.4 Å². The number of carbonyl (C=O) groups is 1. The average Bonchev–Trinajstić information content (AvgIpc) is 3.10. The first-order valence-electron chi connectivity index (χ1n) is 12.1. The molecule has 1 saturated heterocycles. The predicted octanol–water partition coefficient (Wildman–Crippen LogP) is 5.02. The minimum absolute atomic E-state index is 0.277. The van der Waals surface area contributed by atoms with E-state index in [1.165, 1.54) is 54.1 Å². The van der Waals surface area contributed by atoms with Gasteiger partial charge < -0.3 is 14.8 Å². The van der Waals surface area contributed by atoms with Crippen molar-refractivity contribution in [3.05, 3.63) is 35.5 Å². The summed E-state index contributed by atoms with van der Waals surface area (Å²) < 4.78 is 2.45. The summed E-state index contributed by atoms with van der Waals surface area (Å²) in [5.74, 6) is 1.26. The molecule has 3 atom stereocenters. The minimum atomic E-state index is 0.277. The molecule has 2 aliphatic carbocycles. The Morgan fingerprint density at radius 1 is 1.20 bits per heavy atom. The van der Waals surface area contributed by atoms with Gasteiger partial charge >= 0.3 is 0 Å². The maximum absolute atomic E-state index is 12.8. The van der Waals surface area contributed by atoms with Crippen LogP contribution >= 0.6 is 0 Å². The first kappa shape index (κ1) is 20.1. The summed E-state index contributed by atoms with van der Waals surface area (Å²) >= 11 is 0.